The van der Waals surface area contributed by atoms with E-state index in [4.69, 9.17) is 4.98 Å². The maximum Gasteiger partial charge on any atom is 0.158 e. The summed E-state index contributed by atoms with van der Waals surface area (Å²) in [6.07, 6.45) is 2.99. The van der Waals surface area contributed by atoms with E-state index in [1.54, 1.807) is 0 Å². The highest BCUT2D eigenvalue weighted by Crippen LogP contribution is 2.43. The Balaban J connectivity index is 1.76. The van der Waals surface area contributed by atoms with Gasteiger partial charge in [-0.05, 0) is 64.9 Å². The molecule has 0 bridgehead atoms. The zero-order valence-corrected chi connectivity index (χ0v) is 15.9. The standard InChI is InChI=1S/C19H28N6/c1-22(2)12-7-13-23(3)14-15-9-10-17-19(21-15)25(5)18-16(24(17)4)8-6-11-20-18/h6,8-11H,7,12-14H2,1-5H3. The summed E-state index contributed by atoms with van der Waals surface area (Å²) in [5.41, 5.74) is 3.31. The molecule has 0 aromatic carbocycles. The van der Waals surface area contributed by atoms with Crippen molar-refractivity contribution in [1.29, 1.82) is 0 Å². The van der Waals surface area contributed by atoms with Crippen LogP contribution < -0.4 is 9.80 Å². The predicted molar refractivity (Wildman–Crippen MR) is 104 cm³/mol. The first-order valence-electron chi connectivity index (χ1n) is 8.73. The van der Waals surface area contributed by atoms with Gasteiger partial charge in [-0.2, -0.15) is 0 Å². The van der Waals surface area contributed by atoms with Crippen LogP contribution in [-0.4, -0.2) is 68.1 Å². The van der Waals surface area contributed by atoms with Gasteiger partial charge >= 0.3 is 0 Å². The lowest BCUT2D eigenvalue weighted by Gasteiger charge is -2.34. The Kier molecular flexibility index (Phi) is 5.20. The molecule has 2 aromatic heterocycles. The van der Waals surface area contributed by atoms with Gasteiger partial charge in [0.05, 0.1) is 17.1 Å². The predicted octanol–water partition coefficient (Wildman–Crippen LogP) is 2.71. The maximum absolute atomic E-state index is 4.92. The monoisotopic (exact) mass is 340 g/mol. The molecule has 3 heterocycles. The molecule has 1 aliphatic heterocycles. The first kappa shape index (κ1) is 17.6. The minimum atomic E-state index is 0.855. The van der Waals surface area contributed by atoms with Crippen LogP contribution in [0.3, 0.4) is 0 Å². The highest BCUT2D eigenvalue weighted by Gasteiger charge is 2.26. The van der Waals surface area contributed by atoms with Crippen LogP contribution in [0, 0.1) is 0 Å². The van der Waals surface area contributed by atoms with Gasteiger partial charge in [0.2, 0.25) is 0 Å². The number of hydrogen-bond donors (Lipinski definition) is 0. The molecule has 0 saturated carbocycles. The van der Waals surface area contributed by atoms with Crippen LogP contribution in [0.25, 0.3) is 0 Å². The van der Waals surface area contributed by atoms with E-state index >= 15 is 0 Å². The summed E-state index contributed by atoms with van der Waals surface area (Å²) in [5, 5.41) is 0. The largest absolute Gasteiger partial charge is 0.339 e. The molecule has 6 heteroatoms. The summed E-state index contributed by atoms with van der Waals surface area (Å²) < 4.78 is 0. The molecule has 0 amide bonds. The van der Waals surface area contributed by atoms with Gasteiger partial charge in [0.25, 0.3) is 0 Å². The molecule has 0 saturated heterocycles. The summed E-state index contributed by atoms with van der Waals surface area (Å²) in [5.74, 6) is 1.91. The molecule has 0 atom stereocenters. The average Bonchev–Trinajstić information content (AvgIpc) is 2.59. The highest BCUT2D eigenvalue weighted by molar-refractivity contribution is 5.88. The third kappa shape index (κ3) is 3.75. The molecule has 0 N–H and O–H groups in total. The topological polar surface area (TPSA) is 38.7 Å². The Bertz CT molecular complexity index is 730. The highest BCUT2D eigenvalue weighted by atomic mass is 15.3. The van der Waals surface area contributed by atoms with Gasteiger partial charge < -0.3 is 19.6 Å². The fourth-order valence-electron chi connectivity index (χ4n) is 3.23. The molecule has 0 radical (unpaired) electrons. The minimum Gasteiger partial charge on any atom is -0.339 e. The van der Waals surface area contributed by atoms with Crippen molar-refractivity contribution in [2.75, 3.05) is 58.1 Å². The fraction of sp³-hybridized carbons (Fsp3) is 0.474. The van der Waals surface area contributed by atoms with E-state index in [1.807, 2.05) is 19.3 Å². The van der Waals surface area contributed by atoms with Crippen molar-refractivity contribution in [3.8, 4) is 0 Å². The molecule has 0 unspecified atom stereocenters. The van der Waals surface area contributed by atoms with Gasteiger partial charge in [-0.15, -0.1) is 0 Å². The fourth-order valence-corrected chi connectivity index (χ4v) is 3.23. The molecule has 0 fully saturated rings. The van der Waals surface area contributed by atoms with Gasteiger partial charge in [0.1, 0.15) is 0 Å². The van der Waals surface area contributed by atoms with Crippen molar-refractivity contribution in [2.24, 2.45) is 0 Å². The Morgan fingerprint density at radius 3 is 2.44 bits per heavy atom. The molecule has 1 aliphatic rings. The zero-order valence-electron chi connectivity index (χ0n) is 15.9. The third-order valence-corrected chi connectivity index (χ3v) is 4.61. The molecular weight excluding hydrogens is 312 g/mol. The lowest BCUT2D eigenvalue weighted by atomic mass is 10.2. The number of nitrogens with zero attached hydrogens (tertiary/aromatic N) is 6. The van der Waals surface area contributed by atoms with Gasteiger partial charge in [-0.1, -0.05) is 0 Å². The van der Waals surface area contributed by atoms with Crippen LogP contribution in [0.1, 0.15) is 12.1 Å². The molecule has 6 nitrogen and oxygen atoms in total. The van der Waals surface area contributed by atoms with Crippen LogP contribution >= 0.6 is 0 Å². The van der Waals surface area contributed by atoms with Crippen LogP contribution in [-0.2, 0) is 6.54 Å². The number of fused-ring (bicyclic) bond motifs is 2. The van der Waals surface area contributed by atoms with E-state index < -0.39 is 0 Å². The lowest BCUT2D eigenvalue weighted by Crippen LogP contribution is -2.27. The Labute approximate surface area is 150 Å². The summed E-state index contributed by atoms with van der Waals surface area (Å²) in [4.78, 5) is 18.2. The van der Waals surface area contributed by atoms with E-state index in [-0.39, 0.29) is 0 Å². The van der Waals surface area contributed by atoms with Crippen LogP contribution in [0.5, 0.6) is 0 Å². The smallest absolute Gasteiger partial charge is 0.158 e. The summed E-state index contributed by atoms with van der Waals surface area (Å²) in [7, 11) is 10.5. The number of hydrogen-bond acceptors (Lipinski definition) is 6. The van der Waals surface area contributed by atoms with Gasteiger partial charge in [0.15, 0.2) is 11.6 Å². The van der Waals surface area contributed by atoms with Crippen molar-refractivity contribution in [2.45, 2.75) is 13.0 Å². The van der Waals surface area contributed by atoms with Crippen molar-refractivity contribution in [3.05, 3.63) is 36.2 Å². The second-order valence-electron chi connectivity index (χ2n) is 7.00. The zero-order chi connectivity index (χ0) is 18.0. The normalized spacial score (nSPS) is 13.4. The van der Waals surface area contributed by atoms with Crippen molar-refractivity contribution in [3.63, 3.8) is 0 Å². The maximum atomic E-state index is 4.92. The first-order chi connectivity index (χ1) is 12.0. The number of pyridine rings is 2. The number of aromatic nitrogens is 2. The Morgan fingerprint density at radius 2 is 1.68 bits per heavy atom. The second-order valence-corrected chi connectivity index (χ2v) is 7.00. The lowest BCUT2D eigenvalue weighted by molar-refractivity contribution is 0.292. The molecule has 3 rings (SSSR count). The molecule has 0 aliphatic carbocycles. The van der Waals surface area contributed by atoms with E-state index in [0.717, 1.165) is 54.8 Å². The van der Waals surface area contributed by atoms with Crippen LogP contribution in [0.2, 0.25) is 0 Å². The van der Waals surface area contributed by atoms with Crippen LogP contribution in [0.4, 0.5) is 23.0 Å². The molecule has 134 valence electrons. The van der Waals surface area contributed by atoms with Crippen molar-refractivity contribution in [1.82, 2.24) is 19.8 Å². The van der Waals surface area contributed by atoms with Gasteiger partial charge in [-0.3, -0.25) is 0 Å². The number of anilines is 4. The summed E-state index contributed by atoms with van der Waals surface area (Å²) >= 11 is 0. The van der Waals surface area contributed by atoms with Gasteiger partial charge in [0, 0.05) is 26.8 Å². The number of rotatable bonds is 6. The second kappa shape index (κ2) is 7.37. The Hall–Kier alpha value is -2.18. The molecular formula is C19H28N6. The van der Waals surface area contributed by atoms with Crippen LogP contribution in [0.15, 0.2) is 30.5 Å². The summed E-state index contributed by atoms with van der Waals surface area (Å²) in [6.45, 7) is 3.03. The minimum absolute atomic E-state index is 0.855. The van der Waals surface area contributed by atoms with E-state index in [9.17, 15) is 0 Å². The first-order valence-corrected chi connectivity index (χ1v) is 8.73. The Morgan fingerprint density at radius 1 is 0.920 bits per heavy atom. The quantitative estimate of drug-likeness (QED) is 0.805. The SMILES string of the molecule is CN(C)CCCN(C)Cc1ccc2c(n1)N(C)c1ncccc1N2C. The molecule has 2 aromatic rings. The average molecular weight is 340 g/mol. The van der Waals surface area contributed by atoms with Gasteiger partial charge in [-0.25, -0.2) is 9.97 Å². The van der Waals surface area contributed by atoms with Crippen molar-refractivity contribution < 1.29 is 0 Å². The van der Waals surface area contributed by atoms with E-state index in [1.165, 1.54) is 0 Å². The van der Waals surface area contributed by atoms with E-state index in [2.05, 4.69) is 71.0 Å². The molecule has 25 heavy (non-hydrogen) atoms. The van der Waals surface area contributed by atoms with E-state index in [0.29, 0.717) is 0 Å². The van der Waals surface area contributed by atoms with Crippen molar-refractivity contribution >= 4 is 23.0 Å². The third-order valence-electron chi connectivity index (χ3n) is 4.61. The summed E-state index contributed by atoms with van der Waals surface area (Å²) in [6, 6.07) is 8.36. The molecule has 0 spiro atoms.